The minimum Gasteiger partial charge on any atom is -1.00 e. The summed E-state index contributed by atoms with van der Waals surface area (Å²) in [5.74, 6) is -0.810. The van der Waals surface area contributed by atoms with Crippen molar-refractivity contribution in [1.29, 1.82) is 0 Å². The lowest BCUT2D eigenvalue weighted by Gasteiger charge is -2.47. The number of likely N-dealkylation sites (N-methyl/N-ethyl adjacent to an activating group) is 1. The van der Waals surface area contributed by atoms with E-state index in [1.165, 1.54) is 16.7 Å². The van der Waals surface area contributed by atoms with E-state index in [9.17, 15) is 14.7 Å². The Kier molecular flexibility index (Phi) is 7.44. The Morgan fingerprint density at radius 3 is 2.59 bits per heavy atom. The van der Waals surface area contributed by atoms with Crippen molar-refractivity contribution in [3.8, 4) is 0 Å². The van der Waals surface area contributed by atoms with Crippen molar-refractivity contribution in [3.63, 3.8) is 0 Å². The fourth-order valence-corrected chi connectivity index (χ4v) is 3.44. The van der Waals surface area contributed by atoms with Crippen LogP contribution in [0.3, 0.4) is 0 Å². The number of carbonyl (C=O) groups excluding carboxylic acids is 1. The highest BCUT2D eigenvalue weighted by Gasteiger charge is 2.51. The molecule has 1 fully saturated rings. The van der Waals surface area contributed by atoms with Crippen molar-refractivity contribution in [2.75, 3.05) is 33.4 Å². The lowest BCUT2D eigenvalue weighted by molar-refractivity contribution is -0.864. The van der Waals surface area contributed by atoms with E-state index in [-0.39, 0.29) is 41.8 Å². The zero-order chi connectivity index (χ0) is 15.1. The number of aliphatic carboxylic acids is 1. The summed E-state index contributed by atoms with van der Waals surface area (Å²) in [7, 11) is 6.17. The number of quaternary nitrogens is 1. The van der Waals surface area contributed by atoms with Gasteiger partial charge in [-0.2, -0.15) is 0 Å². The first-order valence-electron chi connectivity index (χ1n) is 6.36. The molecular formula is C13H21Cl2N3O3S. The van der Waals surface area contributed by atoms with Crippen LogP contribution in [0.25, 0.3) is 0 Å². The summed E-state index contributed by atoms with van der Waals surface area (Å²) in [5.41, 5.74) is 6.45. The lowest BCUT2D eigenvalue weighted by atomic mass is 10.0. The van der Waals surface area contributed by atoms with Crippen molar-refractivity contribution in [2.45, 2.75) is 11.4 Å². The number of carboxylic acid groups (broad SMARTS) is 1. The van der Waals surface area contributed by atoms with E-state index in [1.807, 2.05) is 12.2 Å². The molecule has 0 spiro atoms. The van der Waals surface area contributed by atoms with Gasteiger partial charge in [-0.25, -0.2) is 4.79 Å². The molecule has 126 valence electrons. The molecule has 2 heterocycles. The molecular weight excluding hydrogens is 349 g/mol. The third-order valence-electron chi connectivity index (χ3n) is 3.21. The van der Waals surface area contributed by atoms with Gasteiger partial charge in [0.2, 0.25) is 5.91 Å². The summed E-state index contributed by atoms with van der Waals surface area (Å²) < 4.78 is 0.759. The van der Waals surface area contributed by atoms with Crippen LogP contribution in [-0.4, -0.2) is 71.2 Å². The van der Waals surface area contributed by atoms with E-state index in [2.05, 4.69) is 21.1 Å². The highest BCUT2D eigenvalue weighted by molar-refractivity contribution is 8.00. The van der Waals surface area contributed by atoms with Gasteiger partial charge in [0, 0.05) is 5.75 Å². The summed E-state index contributed by atoms with van der Waals surface area (Å²) in [5, 5.41) is 9.12. The van der Waals surface area contributed by atoms with E-state index in [1.54, 1.807) is 0 Å². The molecule has 2 atom stereocenters. The number of amides is 1. The second-order valence-corrected chi connectivity index (χ2v) is 7.09. The highest BCUT2D eigenvalue weighted by Crippen LogP contribution is 2.39. The van der Waals surface area contributed by atoms with Gasteiger partial charge in [0.05, 0.1) is 27.7 Å². The first-order valence-corrected chi connectivity index (χ1v) is 7.41. The number of thioether (sulfide) groups is 1. The van der Waals surface area contributed by atoms with Gasteiger partial charge in [0.1, 0.15) is 17.1 Å². The number of allylic oxidation sites excluding steroid dienone is 1. The number of fused-ring (bicyclic) bond motifs is 1. The lowest BCUT2D eigenvalue weighted by Crippen LogP contribution is -3.00. The molecule has 6 nitrogen and oxygen atoms in total. The van der Waals surface area contributed by atoms with Crippen LogP contribution in [0.15, 0.2) is 23.4 Å². The number of rotatable bonds is 4. The molecule has 0 unspecified atom stereocenters. The zero-order valence-electron chi connectivity index (χ0n) is 12.7. The Labute approximate surface area is 146 Å². The molecule has 2 aliphatic heterocycles. The number of carboxylic acids is 1. The number of halogens is 2. The summed E-state index contributed by atoms with van der Waals surface area (Å²) in [6.07, 6.45) is 3.76. The summed E-state index contributed by atoms with van der Waals surface area (Å²) >= 11 is 1.51. The van der Waals surface area contributed by atoms with E-state index in [0.717, 1.165) is 11.0 Å². The SMILES string of the molecule is C[N+](C)(C)CC=CC1=C(C(=O)O)N2C(=O)[C@@H](N)[C@H]2SC1.Cl.[Cl-]. The van der Waals surface area contributed by atoms with Crippen molar-refractivity contribution in [2.24, 2.45) is 5.73 Å². The van der Waals surface area contributed by atoms with Gasteiger partial charge in [-0.05, 0) is 11.6 Å². The molecule has 1 amide bonds. The molecule has 0 aliphatic carbocycles. The number of carbonyl (C=O) groups is 2. The molecule has 0 radical (unpaired) electrons. The van der Waals surface area contributed by atoms with Gasteiger partial charge in [0.15, 0.2) is 0 Å². The minimum atomic E-state index is -1.07. The molecule has 0 bridgehead atoms. The summed E-state index contributed by atoms with van der Waals surface area (Å²) in [6.45, 7) is 0.790. The fraction of sp³-hybridized carbons (Fsp3) is 0.538. The molecule has 0 aromatic carbocycles. The highest BCUT2D eigenvalue weighted by atomic mass is 35.5. The molecule has 2 rings (SSSR count). The maximum Gasteiger partial charge on any atom is 0.352 e. The van der Waals surface area contributed by atoms with Crippen LogP contribution in [0.4, 0.5) is 0 Å². The quantitative estimate of drug-likeness (QED) is 0.414. The molecule has 2 aliphatic rings. The largest absolute Gasteiger partial charge is 1.00 e. The van der Waals surface area contributed by atoms with Gasteiger partial charge in [0.25, 0.3) is 0 Å². The van der Waals surface area contributed by atoms with Gasteiger partial charge in [-0.15, -0.1) is 24.2 Å². The zero-order valence-corrected chi connectivity index (χ0v) is 15.0. The molecule has 0 aromatic rings. The van der Waals surface area contributed by atoms with E-state index < -0.39 is 12.0 Å². The van der Waals surface area contributed by atoms with Crippen molar-refractivity contribution in [3.05, 3.63) is 23.4 Å². The topological polar surface area (TPSA) is 83.6 Å². The fourth-order valence-electron chi connectivity index (χ4n) is 2.18. The second-order valence-electron chi connectivity index (χ2n) is 5.99. The third-order valence-corrected chi connectivity index (χ3v) is 4.54. The molecule has 0 aromatic heterocycles. The third kappa shape index (κ3) is 4.17. The van der Waals surface area contributed by atoms with Crippen molar-refractivity contribution >= 4 is 36.0 Å². The number of nitrogens with two attached hydrogens (primary N) is 1. The van der Waals surface area contributed by atoms with Crippen LogP contribution < -0.4 is 18.1 Å². The average Bonchev–Trinajstić information content (AvgIpc) is 2.35. The van der Waals surface area contributed by atoms with Crippen LogP contribution in [0.2, 0.25) is 0 Å². The summed E-state index contributed by atoms with van der Waals surface area (Å²) in [6, 6.07) is -0.578. The van der Waals surface area contributed by atoms with Crippen LogP contribution in [0.1, 0.15) is 0 Å². The number of hydrogen-bond donors (Lipinski definition) is 2. The van der Waals surface area contributed by atoms with E-state index in [0.29, 0.717) is 11.3 Å². The predicted molar refractivity (Wildman–Crippen MR) is 85.0 cm³/mol. The van der Waals surface area contributed by atoms with Crippen LogP contribution in [0.5, 0.6) is 0 Å². The Balaban J connectivity index is 0.00000220. The minimum absolute atomic E-state index is 0. The molecule has 0 saturated carbocycles. The Hall–Kier alpha value is -0.730. The van der Waals surface area contributed by atoms with E-state index in [4.69, 9.17) is 5.73 Å². The molecule has 9 heteroatoms. The molecule has 1 saturated heterocycles. The normalized spacial score (nSPS) is 24.4. The first-order chi connectivity index (χ1) is 9.22. The smallest absolute Gasteiger partial charge is 0.352 e. The maximum absolute atomic E-state index is 11.8. The van der Waals surface area contributed by atoms with Crippen LogP contribution in [-0.2, 0) is 9.59 Å². The van der Waals surface area contributed by atoms with Gasteiger partial charge < -0.3 is 27.7 Å². The van der Waals surface area contributed by atoms with Crippen molar-refractivity contribution in [1.82, 2.24) is 4.90 Å². The Morgan fingerprint density at radius 1 is 1.50 bits per heavy atom. The number of β-lactam (4-membered cyclic amide) rings is 1. The average molecular weight is 370 g/mol. The molecule has 3 N–H and O–H groups in total. The van der Waals surface area contributed by atoms with Gasteiger partial charge in [-0.3, -0.25) is 9.69 Å². The Bertz CT molecular complexity index is 517. The van der Waals surface area contributed by atoms with Crippen LogP contribution >= 0.6 is 24.2 Å². The molecule has 22 heavy (non-hydrogen) atoms. The van der Waals surface area contributed by atoms with Gasteiger partial charge in [-0.1, -0.05) is 6.08 Å². The Morgan fingerprint density at radius 2 is 2.09 bits per heavy atom. The van der Waals surface area contributed by atoms with Crippen molar-refractivity contribution < 1.29 is 31.6 Å². The van der Waals surface area contributed by atoms with Gasteiger partial charge >= 0.3 is 5.97 Å². The maximum atomic E-state index is 11.8. The van der Waals surface area contributed by atoms with Crippen LogP contribution in [0, 0.1) is 0 Å². The standard InChI is InChI=1S/C13H19N3O3S.2ClH/c1-16(2,3)6-4-5-8-7-20-12-9(14)11(17)15(12)10(8)13(18)19;;/h4-5,9,12H,6-7,14H2,1-3H3;2*1H/t9-,12-;;/m1../s1. The monoisotopic (exact) mass is 369 g/mol. The first kappa shape index (κ1) is 21.3. The van der Waals surface area contributed by atoms with E-state index >= 15 is 0 Å². The number of nitrogens with zero attached hydrogens (tertiary/aromatic N) is 2. The number of hydrogen-bond acceptors (Lipinski definition) is 4. The second kappa shape index (κ2) is 7.70. The summed E-state index contributed by atoms with van der Waals surface area (Å²) in [4.78, 5) is 24.5. The predicted octanol–water partition coefficient (Wildman–Crippen LogP) is -2.74.